The average molecular weight is 1040 g/mol. The summed E-state index contributed by atoms with van der Waals surface area (Å²) in [5.74, 6) is 1.23. The van der Waals surface area contributed by atoms with Crippen molar-refractivity contribution in [1.82, 2.24) is 28.2 Å². The summed E-state index contributed by atoms with van der Waals surface area (Å²) in [7, 11) is 0. The summed E-state index contributed by atoms with van der Waals surface area (Å²) in [5, 5.41) is 28.3. The summed E-state index contributed by atoms with van der Waals surface area (Å²) < 4.78 is 8.98. The van der Waals surface area contributed by atoms with Gasteiger partial charge in [-0.05, 0) is 144 Å². The fourth-order valence-electron chi connectivity index (χ4n) is 12.5. The van der Waals surface area contributed by atoms with Crippen LogP contribution in [0, 0.1) is 29.2 Å². The molecule has 0 unspecified atom stereocenters. The Kier molecular flexibility index (Phi) is 10.2. The van der Waals surface area contributed by atoms with Crippen LogP contribution in [0.2, 0.25) is 0 Å². The van der Waals surface area contributed by atoms with E-state index in [1.165, 1.54) is 0 Å². The first-order valence-corrected chi connectivity index (χ1v) is 27.0. The van der Waals surface area contributed by atoms with Crippen molar-refractivity contribution in [3.05, 3.63) is 271 Å². The van der Waals surface area contributed by atoms with E-state index in [9.17, 15) is 10.5 Å². The molecule has 0 radical (unpaired) electrons. The van der Waals surface area contributed by atoms with Gasteiger partial charge in [0.15, 0.2) is 5.69 Å². The second-order valence-electron chi connectivity index (χ2n) is 20.7. The lowest BCUT2D eigenvalue weighted by molar-refractivity contribution is 0.952. The van der Waals surface area contributed by atoms with Crippen molar-refractivity contribution in [2.24, 2.45) is 0 Å². The molecule has 9 nitrogen and oxygen atoms in total. The molecular weight excluding hydrogens is 1000 g/mol. The quantitative estimate of drug-likeness (QED) is 0.149. The number of nitrogens with zero attached hydrogens (tertiary/aromatic N) is 9. The minimum absolute atomic E-state index is 0.519. The van der Waals surface area contributed by atoms with E-state index in [2.05, 4.69) is 211 Å². The van der Waals surface area contributed by atoms with Gasteiger partial charge in [-0.15, -0.1) is 0 Å². The van der Waals surface area contributed by atoms with Crippen LogP contribution in [0.15, 0.2) is 249 Å². The van der Waals surface area contributed by atoms with Gasteiger partial charge < -0.3 is 9.13 Å². The van der Waals surface area contributed by atoms with Gasteiger partial charge in [0.25, 0.3) is 0 Å². The van der Waals surface area contributed by atoms with Gasteiger partial charge in [-0.2, -0.15) is 15.5 Å². The maximum atomic E-state index is 9.82. The number of para-hydroxylation sites is 4. The molecule has 16 rings (SSSR count). The first kappa shape index (κ1) is 46.3. The minimum atomic E-state index is 0.519. The van der Waals surface area contributed by atoms with Crippen molar-refractivity contribution >= 4 is 92.9 Å². The van der Waals surface area contributed by atoms with Crippen molar-refractivity contribution in [3.63, 3.8) is 0 Å². The Morgan fingerprint density at radius 1 is 0.317 bits per heavy atom. The summed E-state index contributed by atoms with van der Waals surface area (Å²) in [5.41, 5.74) is 18.1. The Balaban J connectivity index is 0.852. The number of hydrogen-bond acceptors (Lipinski definition) is 4. The Hall–Kier alpha value is -11.8. The SMILES string of the molecule is [C-]#[N+]c1ccc(-n2c3ccccc3c3cc(-c4ccc5c(c4)c4ccccc4n5-c4nc(-c5ccc(C#N)cc5)cc(-n5c6ccccc6c6cc(-c7ccc8c(c7)c7ccccc7n8-c7ccc(C#N)cc7)ccc65)n4)ccc32)cc1. The maximum absolute atomic E-state index is 9.82. The zero-order valence-electron chi connectivity index (χ0n) is 43.7. The summed E-state index contributed by atoms with van der Waals surface area (Å²) in [4.78, 5) is 14.6. The van der Waals surface area contributed by atoms with E-state index < -0.39 is 0 Å². The molecule has 0 spiro atoms. The zero-order chi connectivity index (χ0) is 54.6. The molecule has 16 aromatic rings. The van der Waals surface area contributed by atoms with Crippen LogP contribution in [-0.2, 0) is 0 Å². The van der Waals surface area contributed by atoms with Crippen molar-refractivity contribution < 1.29 is 0 Å². The van der Waals surface area contributed by atoms with Crippen LogP contribution in [0.3, 0.4) is 0 Å². The first-order valence-electron chi connectivity index (χ1n) is 27.0. The second kappa shape index (κ2) is 18.1. The summed E-state index contributed by atoms with van der Waals surface area (Å²) in [6, 6.07) is 90.6. The van der Waals surface area contributed by atoms with Crippen LogP contribution in [0.1, 0.15) is 11.1 Å². The Morgan fingerprint density at radius 2 is 0.659 bits per heavy atom. The fraction of sp³-hybridized carbons (Fsp3) is 0. The van der Waals surface area contributed by atoms with Crippen LogP contribution < -0.4 is 0 Å². The zero-order valence-corrected chi connectivity index (χ0v) is 43.7. The highest BCUT2D eigenvalue weighted by Crippen LogP contribution is 2.42. The number of aromatic nitrogens is 6. The largest absolute Gasteiger partial charge is 0.309 e. The standard InChI is InChI=1S/C73H41N9/c1-76-52-28-32-54(33-29-52)80-65-15-7-3-11-56(65)60-39-49(25-35-69(60)80)51-27-37-71-62(41-51)58-13-5-9-17-67(58)82(71)73-77-63(47-22-18-45(43-74)19-23-47)42-72(78-73)81-66-16-8-4-12-57(66)61-40-50(26-36-70(61)81)48-24-34-68-59(38-48)55-10-2-6-14-64(55)79(68)53-30-20-46(44-75)21-31-53/h2-42H. The predicted octanol–water partition coefficient (Wildman–Crippen LogP) is 18.2. The van der Waals surface area contributed by atoms with Gasteiger partial charge >= 0.3 is 0 Å². The molecule has 0 saturated carbocycles. The number of benzene rings is 11. The van der Waals surface area contributed by atoms with Gasteiger partial charge in [0, 0.05) is 66.1 Å². The Labute approximate surface area is 469 Å². The van der Waals surface area contributed by atoms with Gasteiger partial charge in [-0.1, -0.05) is 121 Å². The molecule has 11 aromatic carbocycles. The lowest BCUT2D eigenvalue weighted by atomic mass is 10.0. The van der Waals surface area contributed by atoms with Gasteiger partial charge in [0.1, 0.15) is 5.82 Å². The van der Waals surface area contributed by atoms with Crippen LogP contribution in [-0.4, -0.2) is 28.2 Å². The average Bonchev–Trinajstić information content (AvgIpc) is 4.42. The molecule has 0 bridgehead atoms. The molecule has 9 heteroatoms. The van der Waals surface area contributed by atoms with E-state index in [0.29, 0.717) is 28.6 Å². The van der Waals surface area contributed by atoms with Crippen LogP contribution >= 0.6 is 0 Å². The molecule has 0 fully saturated rings. The normalized spacial score (nSPS) is 11.6. The molecule has 0 N–H and O–H groups in total. The number of nitriles is 2. The predicted molar refractivity (Wildman–Crippen MR) is 331 cm³/mol. The highest BCUT2D eigenvalue weighted by atomic mass is 15.2. The molecule has 378 valence electrons. The molecule has 0 aliphatic carbocycles. The molecule has 0 aliphatic heterocycles. The highest BCUT2D eigenvalue weighted by Gasteiger charge is 2.22. The third kappa shape index (κ3) is 7.10. The summed E-state index contributed by atoms with van der Waals surface area (Å²) in [6.45, 7) is 7.51. The lowest BCUT2D eigenvalue weighted by Gasteiger charge is -2.14. The number of rotatable bonds is 7. The molecule has 5 aromatic heterocycles. The van der Waals surface area contributed by atoms with E-state index >= 15 is 0 Å². The molecule has 0 amide bonds. The van der Waals surface area contributed by atoms with Gasteiger partial charge in [-0.3, -0.25) is 9.13 Å². The van der Waals surface area contributed by atoms with E-state index in [1.54, 1.807) is 0 Å². The Bertz CT molecular complexity index is 5170. The molecule has 5 heterocycles. The number of fused-ring (bicyclic) bond motifs is 12. The molecular formula is C73H41N9. The van der Waals surface area contributed by atoms with Crippen LogP contribution in [0.25, 0.3) is 149 Å². The summed E-state index contributed by atoms with van der Waals surface area (Å²) in [6.07, 6.45) is 0. The lowest BCUT2D eigenvalue weighted by Crippen LogP contribution is -2.07. The van der Waals surface area contributed by atoms with Crippen LogP contribution in [0.4, 0.5) is 5.69 Å². The third-order valence-electron chi connectivity index (χ3n) is 16.3. The first-order chi connectivity index (χ1) is 40.5. The second-order valence-corrected chi connectivity index (χ2v) is 20.7. The van der Waals surface area contributed by atoms with E-state index in [-0.39, 0.29) is 0 Å². The van der Waals surface area contributed by atoms with Crippen molar-refractivity contribution in [2.45, 2.75) is 0 Å². The van der Waals surface area contributed by atoms with Crippen LogP contribution in [0.5, 0.6) is 0 Å². The monoisotopic (exact) mass is 1040 g/mol. The maximum Gasteiger partial charge on any atom is 0.237 e. The Morgan fingerprint density at radius 3 is 1.09 bits per heavy atom. The topological polar surface area (TPSA) is 97.4 Å². The summed E-state index contributed by atoms with van der Waals surface area (Å²) >= 11 is 0. The van der Waals surface area contributed by atoms with Crippen molar-refractivity contribution in [2.75, 3.05) is 0 Å². The number of hydrogen-bond donors (Lipinski definition) is 0. The van der Waals surface area contributed by atoms with E-state index in [4.69, 9.17) is 16.5 Å². The molecule has 82 heavy (non-hydrogen) atoms. The van der Waals surface area contributed by atoms with Crippen molar-refractivity contribution in [3.8, 4) is 68.8 Å². The van der Waals surface area contributed by atoms with E-state index in [1.807, 2.05) is 72.8 Å². The van der Waals surface area contributed by atoms with Gasteiger partial charge in [0.05, 0.1) is 79.7 Å². The third-order valence-corrected chi connectivity index (χ3v) is 16.3. The molecule has 0 saturated heterocycles. The van der Waals surface area contributed by atoms with Gasteiger partial charge in [-0.25, -0.2) is 9.83 Å². The molecule has 0 aliphatic rings. The minimum Gasteiger partial charge on any atom is -0.309 e. The van der Waals surface area contributed by atoms with E-state index in [0.717, 1.165) is 132 Å². The smallest absolute Gasteiger partial charge is 0.237 e. The highest BCUT2D eigenvalue weighted by molar-refractivity contribution is 6.15. The fourth-order valence-corrected chi connectivity index (χ4v) is 12.5. The van der Waals surface area contributed by atoms with Crippen molar-refractivity contribution in [1.29, 1.82) is 10.5 Å². The molecule has 0 atom stereocenters. The van der Waals surface area contributed by atoms with Gasteiger partial charge in [0.2, 0.25) is 5.95 Å².